The fourth-order valence-corrected chi connectivity index (χ4v) is 3.36. The van der Waals surface area contributed by atoms with Gasteiger partial charge in [-0.3, -0.25) is 4.79 Å². The largest absolute Gasteiger partial charge is 0.550 e. The average Bonchev–Trinajstić information content (AvgIpc) is 2.64. The molecule has 0 spiro atoms. The van der Waals surface area contributed by atoms with Crippen molar-refractivity contribution in [3.05, 3.63) is 0 Å². The van der Waals surface area contributed by atoms with E-state index in [-0.39, 0.29) is 19.3 Å². The van der Waals surface area contributed by atoms with Crippen molar-refractivity contribution >= 4 is 17.7 Å². The van der Waals surface area contributed by atoms with E-state index >= 15 is 0 Å². The fourth-order valence-electron chi connectivity index (χ4n) is 3.36. The first-order chi connectivity index (χ1) is 7.21. The summed E-state index contributed by atoms with van der Waals surface area (Å²) in [7, 11) is 0. The van der Waals surface area contributed by atoms with Gasteiger partial charge in [-0.2, -0.15) is 0 Å². The molecule has 5 nitrogen and oxygen atoms in total. The van der Waals surface area contributed by atoms with Crippen molar-refractivity contribution in [3.8, 4) is 0 Å². The van der Waals surface area contributed by atoms with E-state index in [9.17, 15) is 24.6 Å². The van der Waals surface area contributed by atoms with Gasteiger partial charge in [0.25, 0.3) is 0 Å². The molecule has 2 aliphatic carbocycles. The van der Waals surface area contributed by atoms with Gasteiger partial charge in [-0.1, -0.05) is 13.8 Å². The zero-order valence-electron chi connectivity index (χ0n) is 9.16. The lowest BCUT2D eigenvalue weighted by molar-refractivity contribution is -0.323. The average molecular weight is 224 g/mol. The van der Waals surface area contributed by atoms with Crippen LogP contribution in [-0.4, -0.2) is 17.7 Å². The number of Topliss-reactive ketones (excluding diaryl/α,β-unsaturated/α-hetero) is 1. The normalized spacial score (nSPS) is 40.0. The topological polar surface area (TPSA) is 97.3 Å². The van der Waals surface area contributed by atoms with E-state index in [4.69, 9.17) is 0 Å². The molecule has 0 N–H and O–H groups in total. The number of ketones is 1. The lowest BCUT2D eigenvalue weighted by atomic mass is 9.63. The number of carbonyl (C=O) groups excluding carboxylic acids is 3. The zero-order chi connectivity index (χ0) is 12.4. The summed E-state index contributed by atoms with van der Waals surface area (Å²) in [5.74, 6) is -3.31. The van der Waals surface area contributed by atoms with Gasteiger partial charge in [-0.15, -0.1) is 0 Å². The van der Waals surface area contributed by atoms with Crippen molar-refractivity contribution in [1.82, 2.24) is 0 Å². The minimum absolute atomic E-state index is 0.0472. The zero-order valence-corrected chi connectivity index (χ0v) is 9.16. The van der Waals surface area contributed by atoms with E-state index < -0.39 is 34.0 Å². The van der Waals surface area contributed by atoms with Crippen LogP contribution in [0.4, 0.5) is 0 Å². The second kappa shape index (κ2) is 2.64. The third-order valence-electron chi connectivity index (χ3n) is 4.56. The molecule has 16 heavy (non-hydrogen) atoms. The molecule has 0 radical (unpaired) electrons. The number of rotatable bonds is 2. The molecule has 0 amide bonds. The van der Waals surface area contributed by atoms with Crippen LogP contribution in [0, 0.1) is 16.2 Å². The highest BCUT2D eigenvalue weighted by Crippen LogP contribution is 2.67. The molecule has 2 aliphatic rings. The van der Waals surface area contributed by atoms with Crippen LogP contribution in [0.1, 0.15) is 33.1 Å². The summed E-state index contributed by atoms with van der Waals surface area (Å²) in [5, 5.41) is 22.3. The molecule has 2 rings (SSSR count). The molecule has 0 saturated heterocycles. The van der Waals surface area contributed by atoms with Crippen LogP contribution in [0.5, 0.6) is 0 Å². The third kappa shape index (κ3) is 0.854. The molecule has 2 fully saturated rings. The SMILES string of the molecule is CC1(C)C(=O)[C@@]2(C(=O)[O-])CC[C@]1(C(=O)[O-])C2. The molecule has 0 aromatic carbocycles. The van der Waals surface area contributed by atoms with Gasteiger partial charge in [-0.25, -0.2) is 0 Å². The predicted molar refractivity (Wildman–Crippen MR) is 47.5 cm³/mol. The van der Waals surface area contributed by atoms with Crippen LogP contribution in [-0.2, 0) is 14.4 Å². The van der Waals surface area contributed by atoms with Gasteiger partial charge in [0, 0.05) is 16.8 Å². The van der Waals surface area contributed by atoms with Crippen LogP contribution in [0.3, 0.4) is 0 Å². The van der Waals surface area contributed by atoms with E-state index in [1.165, 1.54) is 13.8 Å². The van der Waals surface area contributed by atoms with E-state index in [2.05, 4.69) is 0 Å². The Morgan fingerprint density at radius 3 is 2.00 bits per heavy atom. The summed E-state index contributed by atoms with van der Waals surface area (Å²) in [6.45, 7) is 2.96. The summed E-state index contributed by atoms with van der Waals surface area (Å²) in [6.07, 6.45) is 0.0319. The Hall–Kier alpha value is -1.39. The van der Waals surface area contributed by atoms with E-state index in [1.54, 1.807) is 0 Å². The molecule has 88 valence electrons. The fraction of sp³-hybridized carbons (Fsp3) is 0.727. The minimum atomic E-state index is -1.61. The Kier molecular flexibility index (Phi) is 1.84. The molecule has 0 unspecified atom stereocenters. The van der Waals surface area contributed by atoms with Crippen LogP contribution in [0.2, 0.25) is 0 Å². The van der Waals surface area contributed by atoms with Crippen LogP contribution in [0.25, 0.3) is 0 Å². The number of fused-ring (bicyclic) bond motifs is 2. The maximum atomic E-state index is 12.0. The molecule has 2 bridgehead atoms. The maximum Gasteiger partial charge on any atom is 0.151 e. The summed E-state index contributed by atoms with van der Waals surface area (Å²) in [5.41, 5.74) is -4.14. The number of hydrogen-bond donors (Lipinski definition) is 0. The van der Waals surface area contributed by atoms with Crippen molar-refractivity contribution in [1.29, 1.82) is 0 Å². The minimum Gasteiger partial charge on any atom is -0.550 e. The van der Waals surface area contributed by atoms with Gasteiger partial charge in [0.1, 0.15) is 0 Å². The quantitative estimate of drug-likeness (QED) is 0.518. The monoisotopic (exact) mass is 224 g/mol. The van der Waals surface area contributed by atoms with Gasteiger partial charge in [0.2, 0.25) is 0 Å². The van der Waals surface area contributed by atoms with Gasteiger partial charge < -0.3 is 19.8 Å². The van der Waals surface area contributed by atoms with Crippen molar-refractivity contribution in [2.75, 3.05) is 0 Å². The summed E-state index contributed by atoms with van der Waals surface area (Å²) in [6, 6.07) is 0. The van der Waals surface area contributed by atoms with Crippen molar-refractivity contribution in [2.45, 2.75) is 33.1 Å². The van der Waals surface area contributed by atoms with Gasteiger partial charge in [0.15, 0.2) is 5.78 Å². The van der Waals surface area contributed by atoms with Crippen molar-refractivity contribution < 1.29 is 24.6 Å². The summed E-state index contributed by atoms with van der Waals surface area (Å²) >= 11 is 0. The first-order valence-electron chi connectivity index (χ1n) is 5.18. The molecule has 0 aliphatic heterocycles. The standard InChI is InChI=1S/C11H14O5/c1-9(2)6(12)10(7(13)14)3-4-11(9,5-10)8(15)16/h3-5H2,1-2H3,(H,13,14)(H,15,16)/p-2/t10-,11-/m1/s1. The first-order valence-corrected chi connectivity index (χ1v) is 5.18. The third-order valence-corrected chi connectivity index (χ3v) is 4.56. The maximum absolute atomic E-state index is 12.0. The summed E-state index contributed by atoms with van der Waals surface area (Å²) < 4.78 is 0. The highest BCUT2D eigenvalue weighted by molar-refractivity contribution is 6.11. The Balaban J connectivity index is 2.61. The second-order valence-electron chi connectivity index (χ2n) is 5.37. The number of carbonyl (C=O) groups is 3. The van der Waals surface area contributed by atoms with E-state index in [0.717, 1.165) is 0 Å². The number of carboxylic acid groups (broad SMARTS) is 2. The van der Waals surface area contributed by atoms with Crippen LogP contribution in [0.15, 0.2) is 0 Å². The smallest absolute Gasteiger partial charge is 0.151 e. The van der Waals surface area contributed by atoms with E-state index in [1.807, 2.05) is 0 Å². The van der Waals surface area contributed by atoms with Crippen LogP contribution < -0.4 is 10.2 Å². The number of carboxylic acids is 2. The first kappa shape index (κ1) is 11.1. The van der Waals surface area contributed by atoms with Gasteiger partial charge >= 0.3 is 0 Å². The molecule has 0 aromatic rings. The highest BCUT2D eigenvalue weighted by atomic mass is 16.4. The Bertz CT molecular complexity index is 411. The molecule has 0 heterocycles. The lowest BCUT2D eigenvalue weighted by Crippen LogP contribution is -2.53. The van der Waals surface area contributed by atoms with Crippen LogP contribution >= 0.6 is 0 Å². The highest BCUT2D eigenvalue weighted by Gasteiger charge is 2.70. The molecule has 0 aromatic heterocycles. The Labute approximate surface area is 92.5 Å². The van der Waals surface area contributed by atoms with Gasteiger partial charge in [-0.05, 0) is 19.3 Å². The summed E-state index contributed by atoms with van der Waals surface area (Å²) in [4.78, 5) is 34.4. The molecule has 2 saturated carbocycles. The molecular weight excluding hydrogens is 212 g/mol. The van der Waals surface area contributed by atoms with Gasteiger partial charge in [0.05, 0.1) is 11.4 Å². The predicted octanol–water partition coefficient (Wildman–Crippen LogP) is -1.75. The number of aliphatic carboxylic acids is 2. The van der Waals surface area contributed by atoms with Crippen molar-refractivity contribution in [2.24, 2.45) is 16.2 Å². The molecule has 5 heteroatoms. The molecular formula is C11H12O5-2. The molecule has 2 atom stereocenters. The van der Waals surface area contributed by atoms with E-state index in [0.29, 0.717) is 0 Å². The Morgan fingerprint density at radius 1 is 1.12 bits per heavy atom. The van der Waals surface area contributed by atoms with Crippen molar-refractivity contribution in [3.63, 3.8) is 0 Å². The second-order valence-corrected chi connectivity index (χ2v) is 5.37. The number of hydrogen-bond acceptors (Lipinski definition) is 5. The Morgan fingerprint density at radius 2 is 1.69 bits per heavy atom. The lowest BCUT2D eigenvalue weighted by Gasteiger charge is -2.42.